The average Bonchev–Trinajstić information content (AvgIpc) is 3.47. The first-order valence-electron chi connectivity index (χ1n) is 10.3. The smallest absolute Gasteiger partial charge is 0.243 e. The van der Waals surface area contributed by atoms with E-state index in [4.69, 9.17) is 4.98 Å². The van der Waals surface area contributed by atoms with Crippen molar-refractivity contribution in [3.05, 3.63) is 41.6 Å². The lowest BCUT2D eigenvalue weighted by Gasteiger charge is -2.30. The van der Waals surface area contributed by atoms with Crippen molar-refractivity contribution in [2.45, 2.75) is 44.1 Å². The van der Waals surface area contributed by atoms with Gasteiger partial charge in [-0.15, -0.1) is 0 Å². The van der Waals surface area contributed by atoms with Crippen LogP contribution in [-0.4, -0.2) is 54.0 Å². The Morgan fingerprint density at radius 3 is 2.50 bits per heavy atom. The van der Waals surface area contributed by atoms with Gasteiger partial charge in [-0.05, 0) is 44.2 Å². The molecule has 0 atom stereocenters. The van der Waals surface area contributed by atoms with Gasteiger partial charge in [0.15, 0.2) is 0 Å². The number of rotatable bonds is 4. The first-order valence-corrected chi connectivity index (χ1v) is 12.1. The lowest BCUT2D eigenvalue weighted by atomic mass is 10.0. The molecular formula is C21H25N5O3S. The van der Waals surface area contributed by atoms with Crippen LogP contribution in [-0.2, 0) is 20.2 Å². The van der Waals surface area contributed by atoms with Gasteiger partial charge in [-0.3, -0.25) is 9.69 Å². The van der Waals surface area contributed by atoms with Crippen molar-refractivity contribution in [1.82, 2.24) is 14.3 Å². The fourth-order valence-electron chi connectivity index (χ4n) is 4.54. The SMILES string of the molecule is Cc1ccccc1N1C(=O)C2(CC2)c2cnc(NC3CCN(S(C)(=O)=O)CC3)nc21. The summed E-state index contributed by atoms with van der Waals surface area (Å²) in [6, 6.07) is 7.94. The molecule has 0 radical (unpaired) electrons. The molecule has 2 aliphatic heterocycles. The summed E-state index contributed by atoms with van der Waals surface area (Å²) in [5, 5.41) is 3.35. The Kier molecular flexibility index (Phi) is 4.37. The highest BCUT2D eigenvalue weighted by molar-refractivity contribution is 7.88. The van der Waals surface area contributed by atoms with E-state index in [0.717, 1.165) is 29.7 Å². The number of benzene rings is 1. The van der Waals surface area contributed by atoms with Crippen LogP contribution < -0.4 is 10.2 Å². The second kappa shape index (κ2) is 6.75. The van der Waals surface area contributed by atoms with Gasteiger partial charge in [0.05, 0.1) is 17.4 Å². The molecule has 1 amide bonds. The molecule has 1 aromatic heterocycles. The maximum Gasteiger partial charge on any atom is 0.243 e. The van der Waals surface area contributed by atoms with Gasteiger partial charge in [0.25, 0.3) is 0 Å². The maximum absolute atomic E-state index is 13.3. The highest BCUT2D eigenvalue weighted by Gasteiger charge is 2.60. The standard InChI is InChI=1S/C21H25N5O3S/c1-14-5-3-4-6-17(14)26-18-16(21(9-10-21)19(26)27)13-22-20(24-18)23-15-7-11-25(12-8-15)30(2,28)29/h3-6,13,15H,7-12H2,1-2H3,(H,22,23,24). The van der Waals surface area contributed by atoms with Crippen molar-refractivity contribution in [3.8, 4) is 0 Å². The van der Waals surface area contributed by atoms with Crippen LogP contribution in [0.5, 0.6) is 0 Å². The summed E-state index contributed by atoms with van der Waals surface area (Å²) in [6.45, 7) is 2.97. The molecule has 8 nitrogen and oxygen atoms in total. The van der Waals surface area contributed by atoms with E-state index in [9.17, 15) is 13.2 Å². The van der Waals surface area contributed by atoms with Crippen molar-refractivity contribution < 1.29 is 13.2 Å². The number of aryl methyl sites for hydroxylation is 1. The zero-order chi connectivity index (χ0) is 21.1. The van der Waals surface area contributed by atoms with Gasteiger partial charge in [-0.25, -0.2) is 17.7 Å². The third-order valence-corrected chi connectivity index (χ3v) is 7.77. The Balaban J connectivity index is 1.42. The molecule has 0 unspecified atom stereocenters. The molecular weight excluding hydrogens is 402 g/mol. The molecule has 1 aromatic carbocycles. The Labute approximate surface area is 176 Å². The number of para-hydroxylation sites is 1. The zero-order valence-electron chi connectivity index (χ0n) is 17.1. The van der Waals surface area contributed by atoms with E-state index in [1.807, 2.05) is 31.2 Å². The van der Waals surface area contributed by atoms with Crippen LogP contribution in [0.3, 0.4) is 0 Å². The predicted octanol–water partition coefficient (Wildman–Crippen LogP) is 2.33. The first-order chi connectivity index (χ1) is 14.3. The van der Waals surface area contributed by atoms with Crippen molar-refractivity contribution in [2.75, 3.05) is 29.6 Å². The topological polar surface area (TPSA) is 95.5 Å². The monoisotopic (exact) mass is 427 g/mol. The number of carbonyl (C=O) groups excluding carboxylic acids is 1. The molecule has 5 rings (SSSR count). The van der Waals surface area contributed by atoms with E-state index in [1.54, 1.807) is 11.1 Å². The van der Waals surface area contributed by atoms with E-state index in [0.29, 0.717) is 37.7 Å². The van der Waals surface area contributed by atoms with E-state index in [1.165, 1.54) is 10.6 Å². The largest absolute Gasteiger partial charge is 0.351 e. The Bertz CT molecular complexity index is 1120. The number of anilines is 3. The van der Waals surface area contributed by atoms with Crippen LogP contribution in [0, 0.1) is 6.92 Å². The van der Waals surface area contributed by atoms with Crippen LogP contribution in [0.25, 0.3) is 0 Å². The highest BCUT2D eigenvalue weighted by atomic mass is 32.2. The fourth-order valence-corrected chi connectivity index (χ4v) is 5.41. The van der Waals surface area contributed by atoms with Gasteiger partial charge >= 0.3 is 0 Å². The minimum atomic E-state index is -3.15. The third kappa shape index (κ3) is 3.07. The van der Waals surface area contributed by atoms with Gasteiger partial charge in [-0.1, -0.05) is 18.2 Å². The van der Waals surface area contributed by atoms with E-state index in [2.05, 4.69) is 10.3 Å². The summed E-state index contributed by atoms with van der Waals surface area (Å²) >= 11 is 0. The molecule has 158 valence electrons. The number of hydrogen-bond acceptors (Lipinski definition) is 6. The number of nitrogens with one attached hydrogen (secondary N) is 1. The Morgan fingerprint density at radius 2 is 1.87 bits per heavy atom. The number of nitrogens with zero attached hydrogens (tertiary/aromatic N) is 4. The van der Waals surface area contributed by atoms with Crippen LogP contribution in [0.2, 0.25) is 0 Å². The zero-order valence-corrected chi connectivity index (χ0v) is 17.9. The lowest BCUT2D eigenvalue weighted by molar-refractivity contribution is -0.119. The summed E-state index contributed by atoms with van der Waals surface area (Å²) < 4.78 is 24.9. The summed E-state index contributed by atoms with van der Waals surface area (Å²) in [5.74, 6) is 1.23. The number of amides is 1. The number of sulfonamides is 1. The Hall–Kier alpha value is -2.52. The average molecular weight is 428 g/mol. The summed E-state index contributed by atoms with van der Waals surface area (Å²) in [7, 11) is -3.15. The van der Waals surface area contributed by atoms with Crippen LogP contribution in [0.15, 0.2) is 30.5 Å². The number of hydrogen-bond donors (Lipinski definition) is 1. The van der Waals surface area contributed by atoms with E-state index >= 15 is 0 Å². The van der Waals surface area contributed by atoms with Crippen molar-refractivity contribution in [1.29, 1.82) is 0 Å². The second-order valence-corrected chi connectivity index (χ2v) is 10.5. The van der Waals surface area contributed by atoms with Crippen molar-refractivity contribution >= 4 is 33.4 Å². The summed E-state index contributed by atoms with van der Waals surface area (Å²) in [6.07, 6.45) is 6.09. The number of aromatic nitrogens is 2. The highest BCUT2D eigenvalue weighted by Crippen LogP contribution is 2.58. The summed E-state index contributed by atoms with van der Waals surface area (Å²) in [5.41, 5.74) is 2.33. The van der Waals surface area contributed by atoms with Gasteiger partial charge in [-0.2, -0.15) is 4.98 Å². The Morgan fingerprint density at radius 1 is 1.17 bits per heavy atom. The van der Waals surface area contributed by atoms with Crippen LogP contribution in [0.4, 0.5) is 17.5 Å². The predicted molar refractivity (Wildman–Crippen MR) is 114 cm³/mol. The molecule has 2 aromatic rings. The quantitative estimate of drug-likeness (QED) is 0.805. The minimum Gasteiger partial charge on any atom is -0.351 e. The second-order valence-electron chi connectivity index (χ2n) is 8.52. The van der Waals surface area contributed by atoms with Crippen LogP contribution in [0.1, 0.15) is 36.8 Å². The van der Waals surface area contributed by atoms with Crippen molar-refractivity contribution in [3.63, 3.8) is 0 Å². The lowest BCUT2D eigenvalue weighted by Crippen LogP contribution is -2.42. The molecule has 1 aliphatic carbocycles. The molecule has 2 fully saturated rings. The molecule has 3 heterocycles. The molecule has 0 bridgehead atoms. The first kappa shape index (κ1) is 19.4. The van der Waals surface area contributed by atoms with Gasteiger partial charge in [0.2, 0.25) is 21.9 Å². The van der Waals surface area contributed by atoms with Crippen molar-refractivity contribution in [2.24, 2.45) is 0 Å². The molecule has 1 saturated carbocycles. The molecule has 1 N–H and O–H groups in total. The number of carbonyl (C=O) groups is 1. The van der Waals surface area contributed by atoms with Crippen LogP contribution >= 0.6 is 0 Å². The third-order valence-electron chi connectivity index (χ3n) is 6.47. The van der Waals surface area contributed by atoms with Gasteiger partial charge in [0.1, 0.15) is 5.82 Å². The van der Waals surface area contributed by atoms with Gasteiger partial charge < -0.3 is 5.32 Å². The molecule has 1 saturated heterocycles. The molecule has 1 spiro atoms. The molecule has 3 aliphatic rings. The normalized spacial score (nSPS) is 21.1. The minimum absolute atomic E-state index is 0.0831. The molecule has 9 heteroatoms. The van der Waals surface area contributed by atoms with E-state index in [-0.39, 0.29) is 11.9 Å². The number of fused-ring (bicyclic) bond motifs is 2. The molecule has 30 heavy (non-hydrogen) atoms. The summed E-state index contributed by atoms with van der Waals surface area (Å²) in [4.78, 5) is 24.3. The van der Waals surface area contributed by atoms with E-state index < -0.39 is 15.4 Å². The van der Waals surface area contributed by atoms with Gasteiger partial charge in [0, 0.05) is 30.9 Å². The maximum atomic E-state index is 13.3. The fraction of sp³-hybridized carbons (Fsp3) is 0.476. The number of piperidine rings is 1.